The van der Waals surface area contributed by atoms with Crippen molar-refractivity contribution in [2.24, 2.45) is 5.92 Å². The van der Waals surface area contributed by atoms with Gasteiger partial charge >= 0.3 is 5.69 Å². The van der Waals surface area contributed by atoms with Crippen LogP contribution < -0.4 is 11.2 Å². The van der Waals surface area contributed by atoms with Gasteiger partial charge in [-0.15, -0.1) is 0 Å². The summed E-state index contributed by atoms with van der Waals surface area (Å²) in [6.45, 7) is 3.48. The number of benzene rings is 2. The average Bonchev–Trinajstić information content (AvgIpc) is 3.02. The second-order valence-corrected chi connectivity index (χ2v) is 7.47. The highest BCUT2D eigenvalue weighted by Gasteiger charge is 2.29. The van der Waals surface area contributed by atoms with Crippen molar-refractivity contribution < 1.29 is 24.2 Å². The molecule has 4 N–H and O–H groups in total. The molecule has 1 amide bonds. The van der Waals surface area contributed by atoms with Gasteiger partial charge in [0.1, 0.15) is 17.6 Å². The smallest absolute Gasteiger partial charge is 0.329 e. The maximum atomic E-state index is 13.4. The van der Waals surface area contributed by atoms with Crippen molar-refractivity contribution in [1.29, 1.82) is 0 Å². The van der Waals surface area contributed by atoms with E-state index in [4.69, 9.17) is 9.94 Å². The number of carbonyl (C=O) groups excluding carboxylic acids is 1. The molecule has 3 aromatic rings. The number of amides is 1. The third kappa shape index (κ3) is 5.01. The van der Waals surface area contributed by atoms with Gasteiger partial charge in [0.15, 0.2) is 0 Å². The molecule has 9 heteroatoms. The maximum absolute atomic E-state index is 13.4. The standard InChI is InChI=1S/C22H24FN3O5/c1-13(2)19(20(27)25-30)26-21(28)18(24-22(26)29)12-31-11-14-6-8-15(9-7-14)16-4-3-5-17(23)10-16/h3-10,13,19,28,30H,11-12H2,1-2H3,(H,24,29)(H,25,27)/t19-/m1/s1. The fraction of sp³-hybridized carbons (Fsp3) is 0.273. The molecule has 0 saturated heterocycles. The summed E-state index contributed by atoms with van der Waals surface area (Å²) < 4.78 is 19.9. The number of H-pyrrole nitrogens is 1. The van der Waals surface area contributed by atoms with E-state index in [1.807, 2.05) is 30.3 Å². The summed E-state index contributed by atoms with van der Waals surface area (Å²) in [7, 11) is 0. The van der Waals surface area contributed by atoms with E-state index in [2.05, 4.69) is 4.98 Å². The Bertz CT molecular complexity index is 1110. The summed E-state index contributed by atoms with van der Waals surface area (Å²) in [4.78, 5) is 26.7. The van der Waals surface area contributed by atoms with Crippen LogP contribution in [0.2, 0.25) is 0 Å². The number of carbonyl (C=O) groups is 1. The zero-order valence-electron chi connectivity index (χ0n) is 17.1. The van der Waals surface area contributed by atoms with E-state index in [-0.39, 0.29) is 30.6 Å². The van der Waals surface area contributed by atoms with Crippen LogP contribution in [0.25, 0.3) is 11.1 Å². The topological polar surface area (TPSA) is 117 Å². The molecule has 0 aliphatic rings. The molecule has 0 saturated carbocycles. The SMILES string of the molecule is CC(C)[C@H](C(=O)NO)n1c(O)c(COCc2ccc(-c3cccc(F)c3)cc2)[nH]c1=O. The molecule has 0 bridgehead atoms. The highest BCUT2D eigenvalue weighted by molar-refractivity contribution is 5.79. The molecule has 2 aromatic carbocycles. The Morgan fingerprint density at radius 1 is 1.16 bits per heavy atom. The summed E-state index contributed by atoms with van der Waals surface area (Å²) >= 11 is 0. The molecule has 1 heterocycles. The van der Waals surface area contributed by atoms with Crippen LogP contribution in [0.4, 0.5) is 4.39 Å². The lowest BCUT2D eigenvalue weighted by Gasteiger charge is -2.19. The number of nitrogens with one attached hydrogen (secondary N) is 2. The molecule has 0 aliphatic carbocycles. The first-order chi connectivity index (χ1) is 14.8. The van der Waals surface area contributed by atoms with Crippen molar-refractivity contribution in [3.05, 3.63) is 76.1 Å². The van der Waals surface area contributed by atoms with Gasteiger partial charge in [-0.1, -0.05) is 50.2 Å². The zero-order chi connectivity index (χ0) is 22.5. The van der Waals surface area contributed by atoms with Crippen molar-refractivity contribution in [3.63, 3.8) is 0 Å². The molecule has 0 radical (unpaired) electrons. The van der Waals surface area contributed by atoms with Gasteiger partial charge in [-0.3, -0.25) is 10.0 Å². The van der Waals surface area contributed by atoms with E-state index in [0.717, 1.165) is 21.3 Å². The third-order valence-corrected chi connectivity index (χ3v) is 4.89. The Morgan fingerprint density at radius 2 is 1.87 bits per heavy atom. The van der Waals surface area contributed by atoms with Gasteiger partial charge in [0.25, 0.3) is 5.91 Å². The molecule has 8 nitrogen and oxygen atoms in total. The van der Waals surface area contributed by atoms with Crippen LogP contribution in [0.1, 0.15) is 31.1 Å². The van der Waals surface area contributed by atoms with Crippen molar-refractivity contribution in [3.8, 4) is 17.0 Å². The number of hydroxylamine groups is 1. The Morgan fingerprint density at radius 3 is 2.48 bits per heavy atom. The van der Waals surface area contributed by atoms with Crippen molar-refractivity contribution in [2.75, 3.05) is 0 Å². The molecule has 1 aromatic heterocycles. The lowest BCUT2D eigenvalue weighted by Crippen LogP contribution is -2.37. The van der Waals surface area contributed by atoms with E-state index in [0.29, 0.717) is 0 Å². The molecular formula is C22H24FN3O5. The summed E-state index contributed by atoms with van der Waals surface area (Å²) in [5, 5.41) is 19.3. The van der Waals surface area contributed by atoms with Gasteiger partial charge in [0, 0.05) is 0 Å². The number of imidazole rings is 1. The fourth-order valence-electron chi connectivity index (χ4n) is 3.36. The number of halogens is 1. The lowest BCUT2D eigenvalue weighted by molar-refractivity contribution is -0.134. The molecule has 0 unspecified atom stereocenters. The van der Waals surface area contributed by atoms with Gasteiger partial charge in [0.2, 0.25) is 5.88 Å². The number of aromatic hydroxyl groups is 1. The van der Waals surface area contributed by atoms with Crippen LogP contribution in [-0.4, -0.2) is 25.8 Å². The molecule has 1 atom stereocenters. The number of rotatable bonds is 8. The van der Waals surface area contributed by atoms with E-state index in [1.54, 1.807) is 19.9 Å². The zero-order valence-corrected chi connectivity index (χ0v) is 17.1. The first-order valence-corrected chi connectivity index (χ1v) is 9.70. The van der Waals surface area contributed by atoms with E-state index >= 15 is 0 Å². The van der Waals surface area contributed by atoms with Crippen LogP contribution >= 0.6 is 0 Å². The highest BCUT2D eigenvalue weighted by Crippen LogP contribution is 2.25. The molecular weight excluding hydrogens is 405 g/mol. The van der Waals surface area contributed by atoms with Crippen LogP contribution in [0.15, 0.2) is 53.3 Å². The molecule has 0 aliphatic heterocycles. The van der Waals surface area contributed by atoms with Crippen molar-refractivity contribution >= 4 is 5.91 Å². The van der Waals surface area contributed by atoms with Crippen LogP contribution in [-0.2, 0) is 22.7 Å². The minimum absolute atomic E-state index is 0.0920. The number of nitrogens with zero attached hydrogens (tertiary/aromatic N) is 1. The number of aromatic amines is 1. The summed E-state index contributed by atoms with van der Waals surface area (Å²) in [6, 6.07) is 12.6. The monoisotopic (exact) mass is 429 g/mol. The number of hydrogen-bond acceptors (Lipinski definition) is 5. The molecule has 3 rings (SSSR count). The van der Waals surface area contributed by atoms with Crippen LogP contribution in [0, 0.1) is 11.7 Å². The summed E-state index contributed by atoms with van der Waals surface area (Å²) in [5.41, 5.74) is 3.44. The summed E-state index contributed by atoms with van der Waals surface area (Å²) in [6.07, 6.45) is 0. The first kappa shape index (κ1) is 22.3. The van der Waals surface area contributed by atoms with E-state index in [1.165, 1.54) is 17.6 Å². The summed E-state index contributed by atoms with van der Waals surface area (Å²) in [5.74, 6) is -1.90. The fourth-order valence-corrected chi connectivity index (χ4v) is 3.36. The normalized spacial score (nSPS) is 12.2. The van der Waals surface area contributed by atoms with E-state index < -0.39 is 23.5 Å². The quantitative estimate of drug-likeness (QED) is 0.324. The average molecular weight is 429 g/mol. The van der Waals surface area contributed by atoms with E-state index in [9.17, 15) is 19.1 Å². The second-order valence-electron chi connectivity index (χ2n) is 7.47. The maximum Gasteiger partial charge on any atom is 0.329 e. The Hall–Kier alpha value is -3.43. The number of hydrogen-bond donors (Lipinski definition) is 4. The molecule has 31 heavy (non-hydrogen) atoms. The van der Waals surface area contributed by atoms with Gasteiger partial charge in [-0.2, -0.15) is 0 Å². The third-order valence-electron chi connectivity index (χ3n) is 4.89. The van der Waals surface area contributed by atoms with Crippen LogP contribution in [0.5, 0.6) is 5.88 Å². The highest BCUT2D eigenvalue weighted by atomic mass is 19.1. The largest absolute Gasteiger partial charge is 0.493 e. The Kier molecular flexibility index (Phi) is 6.88. The Balaban J connectivity index is 1.67. The molecule has 0 spiro atoms. The lowest BCUT2D eigenvalue weighted by atomic mass is 10.0. The van der Waals surface area contributed by atoms with Gasteiger partial charge in [0.05, 0.1) is 13.2 Å². The minimum Gasteiger partial charge on any atom is -0.493 e. The van der Waals surface area contributed by atoms with Gasteiger partial charge in [-0.25, -0.2) is 19.2 Å². The molecule has 0 fully saturated rings. The Labute approximate surface area is 177 Å². The van der Waals surface area contributed by atoms with Crippen LogP contribution in [0.3, 0.4) is 0 Å². The predicted molar refractivity (Wildman–Crippen MR) is 111 cm³/mol. The van der Waals surface area contributed by atoms with Gasteiger partial charge < -0.3 is 14.8 Å². The molecule has 164 valence electrons. The van der Waals surface area contributed by atoms with Crippen molar-refractivity contribution in [2.45, 2.75) is 33.1 Å². The van der Waals surface area contributed by atoms with Gasteiger partial charge in [-0.05, 0) is 34.7 Å². The number of ether oxygens (including phenoxy) is 1. The first-order valence-electron chi connectivity index (χ1n) is 9.70. The minimum atomic E-state index is -1.09. The second kappa shape index (κ2) is 9.59. The number of aromatic nitrogens is 2. The predicted octanol–water partition coefficient (Wildman–Crippen LogP) is 3.11. The van der Waals surface area contributed by atoms with Crippen molar-refractivity contribution in [1.82, 2.24) is 15.0 Å².